The van der Waals surface area contributed by atoms with Gasteiger partial charge in [-0.15, -0.1) is 0 Å². The number of rotatable bonds is 8. The molecule has 1 fully saturated rings. The normalized spacial score (nSPS) is 14.8. The lowest BCUT2D eigenvalue weighted by Crippen LogP contribution is -2.39. The fourth-order valence-corrected chi connectivity index (χ4v) is 2.39. The largest absolute Gasteiger partial charge is 0.416 e. The predicted octanol–water partition coefficient (Wildman–Crippen LogP) is 2.47. The van der Waals surface area contributed by atoms with E-state index in [1.54, 1.807) is 7.05 Å². The standard InChI is InChI=1S/C18H25F3N4O/c1-22-17(23-11-2-3-16(26)25-15-8-9-15)24-12-10-13-4-6-14(7-5-13)18(19,20)21/h4-7,15H,2-3,8-12H2,1H3,(H,25,26)(H2,22,23,24). The van der Waals surface area contributed by atoms with E-state index in [0.717, 1.165) is 30.5 Å². The Kier molecular flexibility index (Phi) is 7.29. The molecule has 1 aliphatic rings. The first-order valence-electron chi connectivity index (χ1n) is 8.78. The lowest BCUT2D eigenvalue weighted by atomic mass is 10.1. The van der Waals surface area contributed by atoms with Crippen LogP contribution in [-0.4, -0.2) is 38.0 Å². The van der Waals surface area contributed by atoms with Crippen LogP contribution in [0.3, 0.4) is 0 Å². The second kappa shape index (κ2) is 9.45. The molecule has 1 aliphatic carbocycles. The van der Waals surface area contributed by atoms with Gasteiger partial charge in [0.2, 0.25) is 5.91 Å². The van der Waals surface area contributed by atoms with E-state index in [0.29, 0.717) is 44.4 Å². The number of nitrogens with zero attached hydrogens (tertiary/aromatic N) is 1. The highest BCUT2D eigenvalue weighted by atomic mass is 19.4. The van der Waals surface area contributed by atoms with Gasteiger partial charge in [-0.25, -0.2) is 0 Å². The number of nitrogens with one attached hydrogen (secondary N) is 3. The van der Waals surface area contributed by atoms with E-state index in [1.165, 1.54) is 12.1 Å². The molecule has 0 aromatic heterocycles. The third-order valence-electron chi connectivity index (χ3n) is 4.03. The number of aliphatic imine (C=N–C) groups is 1. The Morgan fingerprint density at radius 3 is 2.38 bits per heavy atom. The van der Waals surface area contributed by atoms with Crippen molar-refractivity contribution in [2.45, 2.75) is 44.3 Å². The number of halogens is 3. The molecule has 0 bridgehead atoms. The molecule has 8 heteroatoms. The molecule has 26 heavy (non-hydrogen) atoms. The van der Waals surface area contributed by atoms with Crippen LogP contribution in [0.4, 0.5) is 13.2 Å². The maximum atomic E-state index is 12.5. The number of amides is 1. The van der Waals surface area contributed by atoms with Gasteiger partial charge in [0.1, 0.15) is 0 Å². The Morgan fingerprint density at radius 1 is 1.15 bits per heavy atom. The molecule has 144 valence electrons. The molecule has 0 spiro atoms. The van der Waals surface area contributed by atoms with Crippen LogP contribution in [0.15, 0.2) is 29.3 Å². The van der Waals surface area contributed by atoms with Gasteiger partial charge in [0, 0.05) is 32.6 Å². The van der Waals surface area contributed by atoms with Crippen molar-refractivity contribution in [3.63, 3.8) is 0 Å². The van der Waals surface area contributed by atoms with E-state index in [2.05, 4.69) is 20.9 Å². The van der Waals surface area contributed by atoms with Crippen LogP contribution < -0.4 is 16.0 Å². The van der Waals surface area contributed by atoms with Gasteiger partial charge in [-0.2, -0.15) is 13.2 Å². The molecule has 1 saturated carbocycles. The molecular formula is C18H25F3N4O. The summed E-state index contributed by atoms with van der Waals surface area (Å²) in [5, 5.41) is 9.17. The van der Waals surface area contributed by atoms with Crippen molar-refractivity contribution in [2.75, 3.05) is 20.1 Å². The molecule has 1 aromatic rings. The average molecular weight is 370 g/mol. The average Bonchev–Trinajstić information content (AvgIpc) is 3.40. The SMILES string of the molecule is CN=C(NCCCC(=O)NC1CC1)NCCc1ccc(C(F)(F)F)cc1. The minimum atomic E-state index is -4.31. The van der Waals surface area contributed by atoms with Crippen LogP contribution in [-0.2, 0) is 17.4 Å². The third-order valence-corrected chi connectivity index (χ3v) is 4.03. The van der Waals surface area contributed by atoms with E-state index >= 15 is 0 Å². The molecule has 0 heterocycles. The number of benzene rings is 1. The van der Waals surface area contributed by atoms with Gasteiger partial charge in [-0.1, -0.05) is 12.1 Å². The lowest BCUT2D eigenvalue weighted by molar-refractivity contribution is -0.137. The topological polar surface area (TPSA) is 65.5 Å². The zero-order valence-electron chi connectivity index (χ0n) is 14.8. The highest BCUT2D eigenvalue weighted by molar-refractivity contribution is 5.80. The molecule has 3 N–H and O–H groups in total. The van der Waals surface area contributed by atoms with Crippen LogP contribution >= 0.6 is 0 Å². The second-order valence-electron chi connectivity index (χ2n) is 6.32. The summed E-state index contributed by atoms with van der Waals surface area (Å²) in [6.45, 7) is 1.17. The zero-order valence-corrected chi connectivity index (χ0v) is 14.8. The first-order valence-corrected chi connectivity index (χ1v) is 8.78. The smallest absolute Gasteiger partial charge is 0.356 e. The van der Waals surface area contributed by atoms with Crippen molar-refractivity contribution in [1.82, 2.24) is 16.0 Å². The Labute approximate surface area is 151 Å². The summed E-state index contributed by atoms with van der Waals surface area (Å²) in [6.07, 6.45) is -0.371. The van der Waals surface area contributed by atoms with Crippen LogP contribution in [0, 0.1) is 0 Å². The van der Waals surface area contributed by atoms with Crippen LogP contribution in [0.1, 0.15) is 36.8 Å². The van der Waals surface area contributed by atoms with Crippen molar-refractivity contribution < 1.29 is 18.0 Å². The van der Waals surface area contributed by atoms with Crippen molar-refractivity contribution in [3.05, 3.63) is 35.4 Å². The van der Waals surface area contributed by atoms with Crippen LogP contribution in [0.5, 0.6) is 0 Å². The van der Waals surface area contributed by atoms with Gasteiger partial charge < -0.3 is 16.0 Å². The molecule has 0 radical (unpaired) electrons. The summed E-state index contributed by atoms with van der Waals surface area (Å²) in [7, 11) is 1.65. The Balaban J connectivity index is 1.61. The number of guanidine groups is 1. The molecular weight excluding hydrogens is 345 g/mol. The quantitative estimate of drug-likeness (QED) is 0.374. The molecule has 0 saturated heterocycles. The molecule has 0 atom stereocenters. The van der Waals surface area contributed by atoms with Gasteiger partial charge in [-0.05, 0) is 43.4 Å². The maximum Gasteiger partial charge on any atom is 0.416 e. The highest BCUT2D eigenvalue weighted by Crippen LogP contribution is 2.29. The molecule has 1 amide bonds. The highest BCUT2D eigenvalue weighted by Gasteiger charge is 2.29. The van der Waals surface area contributed by atoms with E-state index in [4.69, 9.17) is 0 Å². The van der Waals surface area contributed by atoms with Gasteiger partial charge in [0.05, 0.1) is 5.56 Å². The minimum absolute atomic E-state index is 0.0829. The Morgan fingerprint density at radius 2 is 1.81 bits per heavy atom. The van der Waals surface area contributed by atoms with Gasteiger partial charge in [-0.3, -0.25) is 9.79 Å². The predicted molar refractivity (Wildman–Crippen MR) is 94.9 cm³/mol. The molecule has 1 aromatic carbocycles. The van der Waals surface area contributed by atoms with Crippen molar-refractivity contribution in [2.24, 2.45) is 4.99 Å². The molecule has 0 aliphatic heterocycles. The second-order valence-corrected chi connectivity index (χ2v) is 6.32. The Bertz CT molecular complexity index is 610. The summed E-state index contributed by atoms with van der Waals surface area (Å²) in [6, 6.07) is 5.54. The summed E-state index contributed by atoms with van der Waals surface area (Å²) < 4.78 is 37.6. The van der Waals surface area contributed by atoms with Gasteiger partial charge in [0.15, 0.2) is 5.96 Å². The third kappa shape index (κ3) is 7.33. The van der Waals surface area contributed by atoms with E-state index in [-0.39, 0.29) is 5.91 Å². The fraction of sp³-hybridized carbons (Fsp3) is 0.556. The molecule has 2 rings (SSSR count). The van der Waals surface area contributed by atoms with Crippen LogP contribution in [0.2, 0.25) is 0 Å². The maximum absolute atomic E-state index is 12.5. The monoisotopic (exact) mass is 370 g/mol. The van der Waals surface area contributed by atoms with Crippen LogP contribution in [0.25, 0.3) is 0 Å². The number of carbonyl (C=O) groups is 1. The number of hydrogen-bond donors (Lipinski definition) is 3. The zero-order chi connectivity index (χ0) is 19.0. The summed E-state index contributed by atoms with van der Waals surface area (Å²) >= 11 is 0. The molecule has 0 unspecified atom stereocenters. The van der Waals surface area contributed by atoms with E-state index in [9.17, 15) is 18.0 Å². The summed E-state index contributed by atoms with van der Waals surface area (Å²) in [5.41, 5.74) is 0.176. The fourth-order valence-electron chi connectivity index (χ4n) is 2.39. The first kappa shape index (κ1) is 20.1. The van der Waals surface area contributed by atoms with E-state index in [1.807, 2.05) is 0 Å². The summed E-state index contributed by atoms with van der Waals surface area (Å²) in [4.78, 5) is 15.7. The van der Waals surface area contributed by atoms with Gasteiger partial charge in [0.25, 0.3) is 0 Å². The summed E-state index contributed by atoms with van der Waals surface area (Å²) in [5.74, 6) is 0.694. The number of carbonyl (C=O) groups excluding carboxylic acids is 1. The number of alkyl halides is 3. The van der Waals surface area contributed by atoms with Crippen molar-refractivity contribution >= 4 is 11.9 Å². The van der Waals surface area contributed by atoms with Crippen molar-refractivity contribution in [1.29, 1.82) is 0 Å². The first-order chi connectivity index (χ1) is 12.4. The Hall–Kier alpha value is -2.25. The van der Waals surface area contributed by atoms with Gasteiger partial charge >= 0.3 is 6.18 Å². The minimum Gasteiger partial charge on any atom is -0.356 e. The number of hydrogen-bond acceptors (Lipinski definition) is 2. The molecule has 5 nitrogen and oxygen atoms in total. The lowest BCUT2D eigenvalue weighted by Gasteiger charge is -2.12. The van der Waals surface area contributed by atoms with Crippen molar-refractivity contribution in [3.8, 4) is 0 Å². The van der Waals surface area contributed by atoms with E-state index < -0.39 is 11.7 Å².